The Labute approximate surface area is 176 Å². The summed E-state index contributed by atoms with van der Waals surface area (Å²) < 4.78 is 17.1. The van der Waals surface area contributed by atoms with Crippen molar-refractivity contribution >= 4 is 12.0 Å². The Kier molecular flexibility index (Phi) is 7.44. The molecule has 1 aromatic rings. The Morgan fingerprint density at radius 3 is 2.70 bits per heavy atom. The molecule has 166 valence electrons. The van der Waals surface area contributed by atoms with Gasteiger partial charge in [0.15, 0.2) is 0 Å². The third kappa shape index (κ3) is 6.17. The van der Waals surface area contributed by atoms with Gasteiger partial charge in [-0.3, -0.25) is 10.1 Å². The molecule has 2 N–H and O–H groups in total. The van der Waals surface area contributed by atoms with Gasteiger partial charge in [0, 0.05) is 24.1 Å². The minimum atomic E-state index is -0.973. The van der Waals surface area contributed by atoms with Crippen molar-refractivity contribution in [1.82, 2.24) is 5.32 Å². The van der Waals surface area contributed by atoms with E-state index in [0.29, 0.717) is 17.1 Å². The van der Waals surface area contributed by atoms with E-state index < -0.39 is 28.3 Å². The first kappa shape index (κ1) is 23.6. The summed E-state index contributed by atoms with van der Waals surface area (Å²) in [5.74, 6) is 0.940. The van der Waals surface area contributed by atoms with E-state index in [9.17, 15) is 20.0 Å². The molecule has 1 aliphatic heterocycles. The minimum absolute atomic E-state index is 0.0880. The molecule has 1 heterocycles. The number of nitro benzene ring substituents is 1. The van der Waals surface area contributed by atoms with Gasteiger partial charge in [0.05, 0.1) is 24.1 Å². The maximum absolute atomic E-state index is 11.2. The van der Waals surface area contributed by atoms with E-state index in [-0.39, 0.29) is 25.3 Å². The smallest absolute Gasteiger partial charge is 0.270 e. The molecule has 0 radical (unpaired) electrons. The first-order valence-electron chi connectivity index (χ1n) is 9.76. The molecule has 30 heavy (non-hydrogen) atoms. The molecule has 0 spiro atoms. The van der Waals surface area contributed by atoms with Crippen LogP contribution in [0.4, 0.5) is 5.69 Å². The van der Waals surface area contributed by atoms with Crippen molar-refractivity contribution in [2.75, 3.05) is 13.2 Å². The molecule has 9 heteroatoms. The van der Waals surface area contributed by atoms with Crippen LogP contribution in [-0.2, 0) is 14.3 Å². The largest absolute Gasteiger partial charge is 0.497 e. The number of rotatable bonds is 9. The summed E-state index contributed by atoms with van der Waals surface area (Å²) in [4.78, 5) is 21.2. The highest BCUT2D eigenvalue weighted by molar-refractivity contribution is 5.49. The van der Waals surface area contributed by atoms with E-state index in [1.54, 1.807) is 19.9 Å². The molecule has 0 saturated carbocycles. The summed E-state index contributed by atoms with van der Waals surface area (Å²) in [6.45, 7) is 9.58. The molecule has 1 aromatic carbocycles. The first-order valence-corrected chi connectivity index (χ1v) is 9.76. The molecule has 2 unspecified atom stereocenters. The molecule has 0 amide bonds. The highest BCUT2D eigenvalue weighted by Gasteiger charge is 2.43. The number of carbonyl (C=O) groups excluding carboxylic acids is 1. The fourth-order valence-corrected chi connectivity index (χ4v) is 3.10. The lowest BCUT2D eigenvalue weighted by Gasteiger charge is -2.42. The van der Waals surface area contributed by atoms with Crippen LogP contribution in [0.3, 0.4) is 0 Å². The Morgan fingerprint density at radius 1 is 1.40 bits per heavy atom. The van der Waals surface area contributed by atoms with E-state index in [4.69, 9.17) is 14.2 Å². The number of non-ortho nitro benzene ring substituents is 1. The van der Waals surface area contributed by atoms with Crippen LogP contribution in [0.1, 0.15) is 52.6 Å². The molecule has 2 atom stereocenters. The van der Waals surface area contributed by atoms with Crippen LogP contribution in [-0.4, -0.2) is 46.8 Å². The topological polar surface area (TPSA) is 120 Å². The van der Waals surface area contributed by atoms with Crippen molar-refractivity contribution in [1.29, 1.82) is 0 Å². The third-order valence-electron chi connectivity index (χ3n) is 4.44. The van der Waals surface area contributed by atoms with Crippen molar-refractivity contribution in [3.63, 3.8) is 0 Å². The SMILES string of the molecule is CC(C)(C)O/C(=C\OCCC=O)CNC1c2cc([N+](=O)[O-])ccc2OC(C)(C)C1O. The number of aliphatic hydroxyl groups excluding tert-OH is 1. The van der Waals surface area contributed by atoms with Crippen molar-refractivity contribution in [3.05, 3.63) is 45.9 Å². The number of nitrogens with one attached hydrogen (secondary N) is 1. The van der Waals surface area contributed by atoms with Gasteiger partial charge >= 0.3 is 0 Å². The summed E-state index contributed by atoms with van der Waals surface area (Å²) >= 11 is 0. The van der Waals surface area contributed by atoms with Gasteiger partial charge in [0.1, 0.15) is 41.4 Å². The maximum Gasteiger partial charge on any atom is 0.270 e. The summed E-state index contributed by atoms with van der Waals surface area (Å²) in [6.07, 6.45) is 1.49. The summed E-state index contributed by atoms with van der Waals surface area (Å²) in [5.41, 5.74) is -0.995. The van der Waals surface area contributed by atoms with Crippen LogP contribution < -0.4 is 10.1 Å². The zero-order valence-electron chi connectivity index (χ0n) is 18.0. The number of carbonyl (C=O) groups is 1. The van der Waals surface area contributed by atoms with Gasteiger partial charge in [-0.2, -0.15) is 0 Å². The minimum Gasteiger partial charge on any atom is -0.497 e. The average Bonchev–Trinajstić information content (AvgIpc) is 2.63. The fourth-order valence-electron chi connectivity index (χ4n) is 3.10. The third-order valence-corrected chi connectivity index (χ3v) is 4.44. The molecular formula is C21H30N2O7. The predicted octanol–water partition coefficient (Wildman–Crippen LogP) is 3.02. The van der Waals surface area contributed by atoms with E-state index in [1.807, 2.05) is 20.8 Å². The zero-order chi connectivity index (χ0) is 22.5. The summed E-state index contributed by atoms with van der Waals surface area (Å²) in [6, 6.07) is 3.69. The molecular weight excluding hydrogens is 392 g/mol. The van der Waals surface area contributed by atoms with Gasteiger partial charge < -0.3 is 29.4 Å². The molecule has 0 aliphatic carbocycles. The lowest BCUT2D eigenvalue weighted by atomic mass is 9.86. The first-order chi connectivity index (χ1) is 13.9. The van der Waals surface area contributed by atoms with Gasteiger partial charge in [-0.25, -0.2) is 0 Å². The van der Waals surface area contributed by atoms with E-state index in [2.05, 4.69) is 5.32 Å². The standard InChI is InChI=1S/C21H30N2O7/c1-20(2,3)29-15(13-28-10-6-9-24)12-22-18-16-11-14(23(26)27)7-8-17(16)30-21(4,5)19(18)25/h7-9,11,13,18-19,22,25H,6,10,12H2,1-5H3/b15-13-. The van der Waals surface area contributed by atoms with Gasteiger partial charge in [-0.15, -0.1) is 0 Å². The second-order valence-corrected chi connectivity index (χ2v) is 8.61. The van der Waals surface area contributed by atoms with Gasteiger partial charge in [0.25, 0.3) is 5.69 Å². The monoisotopic (exact) mass is 422 g/mol. The van der Waals surface area contributed by atoms with E-state index in [0.717, 1.165) is 6.29 Å². The summed E-state index contributed by atoms with van der Waals surface area (Å²) in [5, 5.41) is 25.3. The fraction of sp³-hybridized carbons (Fsp3) is 0.571. The molecule has 0 saturated heterocycles. The number of benzene rings is 1. The number of hydrogen-bond donors (Lipinski definition) is 2. The van der Waals surface area contributed by atoms with Crippen LogP contribution in [0.5, 0.6) is 5.75 Å². The Bertz CT molecular complexity index is 799. The highest BCUT2D eigenvalue weighted by Crippen LogP contribution is 2.41. The lowest BCUT2D eigenvalue weighted by Crippen LogP contribution is -2.52. The zero-order valence-corrected chi connectivity index (χ0v) is 18.0. The van der Waals surface area contributed by atoms with Crippen LogP contribution in [0.2, 0.25) is 0 Å². The van der Waals surface area contributed by atoms with Gasteiger partial charge in [-0.05, 0) is 40.7 Å². The second-order valence-electron chi connectivity index (χ2n) is 8.61. The number of aliphatic hydroxyl groups is 1. The number of aldehydes is 1. The molecule has 0 bridgehead atoms. The van der Waals surface area contributed by atoms with Gasteiger partial charge in [-0.1, -0.05) is 0 Å². The predicted molar refractivity (Wildman–Crippen MR) is 110 cm³/mol. The number of nitrogens with zero attached hydrogens (tertiary/aromatic N) is 1. The molecule has 1 aliphatic rings. The number of fused-ring (bicyclic) bond motifs is 1. The molecule has 0 fully saturated rings. The maximum atomic E-state index is 11.2. The normalized spacial score (nSPS) is 20.7. The van der Waals surface area contributed by atoms with E-state index in [1.165, 1.54) is 18.4 Å². The van der Waals surface area contributed by atoms with Crippen LogP contribution in [0.15, 0.2) is 30.2 Å². The molecule has 9 nitrogen and oxygen atoms in total. The van der Waals surface area contributed by atoms with Crippen molar-refractivity contribution in [2.24, 2.45) is 0 Å². The summed E-state index contributed by atoms with van der Waals surface area (Å²) in [7, 11) is 0. The lowest BCUT2D eigenvalue weighted by molar-refractivity contribution is -0.385. The Balaban J connectivity index is 2.28. The van der Waals surface area contributed by atoms with E-state index >= 15 is 0 Å². The Morgan fingerprint density at radius 2 is 2.10 bits per heavy atom. The highest BCUT2D eigenvalue weighted by atomic mass is 16.6. The number of nitro groups is 1. The molecule has 0 aromatic heterocycles. The van der Waals surface area contributed by atoms with Crippen LogP contribution >= 0.6 is 0 Å². The number of ether oxygens (including phenoxy) is 3. The van der Waals surface area contributed by atoms with Crippen molar-refractivity contribution in [3.8, 4) is 5.75 Å². The van der Waals surface area contributed by atoms with Crippen molar-refractivity contribution < 1.29 is 29.0 Å². The van der Waals surface area contributed by atoms with Crippen LogP contribution in [0, 0.1) is 10.1 Å². The van der Waals surface area contributed by atoms with Crippen molar-refractivity contribution in [2.45, 2.75) is 64.4 Å². The quantitative estimate of drug-likeness (QED) is 0.205. The average molecular weight is 422 g/mol. The van der Waals surface area contributed by atoms with Crippen LogP contribution in [0.25, 0.3) is 0 Å². The van der Waals surface area contributed by atoms with Gasteiger partial charge in [0.2, 0.25) is 0 Å². The molecule has 2 rings (SSSR count). The Hall–Kier alpha value is -2.65. The second kappa shape index (κ2) is 9.44. The number of hydrogen-bond acceptors (Lipinski definition) is 8.